The number of aryl methyl sites for hydroxylation is 1. The Bertz CT molecular complexity index is 1270. The van der Waals surface area contributed by atoms with E-state index in [0.29, 0.717) is 33.8 Å². The number of piperidine rings is 1. The molecule has 2 aromatic heterocycles. The van der Waals surface area contributed by atoms with E-state index in [1.54, 1.807) is 50.8 Å². The molecule has 0 saturated carbocycles. The quantitative estimate of drug-likeness (QED) is 0.488. The topological polar surface area (TPSA) is 99.5 Å². The fourth-order valence-electron chi connectivity index (χ4n) is 4.88. The van der Waals surface area contributed by atoms with Crippen LogP contribution < -0.4 is 15.5 Å². The minimum Gasteiger partial charge on any atom is -0.377 e. The number of nitrogens with zero attached hydrogens (tertiary/aromatic N) is 3. The molecule has 0 spiro atoms. The Morgan fingerprint density at radius 2 is 1.78 bits per heavy atom. The molecule has 1 atom stereocenters. The highest BCUT2D eigenvalue weighted by molar-refractivity contribution is 6.06. The van der Waals surface area contributed by atoms with Crippen molar-refractivity contribution in [3.63, 3.8) is 0 Å². The van der Waals surface area contributed by atoms with Crippen LogP contribution in [0.2, 0.25) is 0 Å². The second kappa shape index (κ2) is 10.5. The van der Waals surface area contributed by atoms with Crippen LogP contribution in [0.3, 0.4) is 0 Å². The number of aromatic nitrogens is 2. The summed E-state index contributed by atoms with van der Waals surface area (Å²) in [5, 5.41) is 16.7. The fourth-order valence-corrected chi connectivity index (χ4v) is 4.88. The third kappa shape index (κ3) is 5.11. The molecule has 36 heavy (non-hydrogen) atoms. The second-order valence-corrected chi connectivity index (χ2v) is 9.33. The lowest BCUT2D eigenvalue weighted by atomic mass is 10.0. The standard InChI is InChI=1S/C27H32FN5O3/c1-16-15-20(5-6-22(16)28)31-26(35)23-17(2)24(32(4)18(23)3)25(34)27(36)30-19-9-13-33(14-10-19)21-7-11-29-12-8-21/h5-8,11-12,15,19,25,34H,9-10,13-14H2,1-4H3,(H,30,36)(H,31,35). The number of benzene rings is 1. The maximum Gasteiger partial charge on any atom is 0.257 e. The van der Waals surface area contributed by atoms with E-state index in [1.165, 1.54) is 12.1 Å². The van der Waals surface area contributed by atoms with Crippen LogP contribution in [0.4, 0.5) is 15.8 Å². The molecular formula is C27H32FN5O3. The average Bonchev–Trinajstić information content (AvgIpc) is 3.09. The minimum atomic E-state index is -1.42. The number of nitrogens with one attached hydrogen (secondary N) is 2. The molecule has 9 heteroatoms. The molecule has 2 amide bonds. The van der Waals surface area contributed by atoms with Gasteiger partial charge < -0.3 is 25.2 Å². The van der Waals surface area contributed by atoms with Gasteiger partial charge in [0.2, 0.25) is 0 Å². The van der Waals surface area contributed by atoms with Gasteiger partial charge in [0.1, 0.15) is 5.82 Å². The number of hydrogen-bond donors (Lipinski definition) is 3. The van der Waals surface area contributed by atoms with Gasteiger partial charge in [0.05, 0.1) is 11.3 Å². The molecular weight excluding hydrogens is 461 g/mol. The van der Waals surface area contributed by atoms with E-state index in [-0.39, 0.29) is 17.8 Å². The maximum absolute atomic E-state index is 13.6. The summed E-state index contributed by atoms with van der Waals surface area (Å²) in [4.78, 5) is 32.4. The van der Waals surface area contributed by atoms with Crippen molar-refractivity contribution < 1.29 is 19.1 Å². The summed E-state index contributed by atoms with van der Waals surface area (Å²) in [6, 6.07) is 8.25. The average molecular weight is 494 g/mol. The van der Waals surface area contributed by atoms with Gasteiger partial charge in [0.25, 0.3) is 11.8 Å². The molecule has 1 unspecified atom stereocenters. The predicted molar refractivity (Wildman–Crippen MR) is 137 cm³/mol. The van der Waals surface area contributed by atoms with E-state index in [1.807, 2.05) is 12.1 Å². The summed E-state index contributed by atoms with van der Waals surface area (Å²) in [6.07, 6.45) is 3.63. The molecule has 1 fully saturated rings. The number of aliphatic hydroxyl groups excluding tert-OH is 1. The SMILES string of the molecule is Cc1cc(NC(=O)c2c(C)c(C(O)C(=O)NC3CCN(c4ccncc4)CC3)n(C)c2C)ccc1F. The number of pyridine rings is 1. The van der Waals surface area contributed by atoms with Crippen molar-refractivity contribution in [3.8, 4) is 0 Å². The van der Waals surface area contributed by atoms with Crippen LogP contribution in [0, 0.1) is 26.6 Å². The molecule has 1 aliphatic heterocycles. The molecule has 0 radical (unpaired) electrons. The lowest BCUT2D eigenvalue weighted by molar-refractivity contribution is -0.130. The molecule has 3 heterocycles. The number of carbonyl (C=O) groups excluding carboxylic acids is 2. The Hall–Kier alpha value is -3.72. The highest BCUT2D eigenvalue weighted by Crippen LogP contribution is 2.28. The van der Waals surface area contributed by atoms with Crippen LogP contribution in [0.5, 0.6) is 0 Å². The molecule has 4 rings (SSSR count). The number of amides is 2. The summed E-state index contributed by atoms with van der Waals surface area (Å²) >= 11 is 0. The Balaban J connectivity index is 1.43. The Morgan fingerprint density at radius 1 is 1.11 bits per heavy atom. The molecule has 0 aliphatic carbocycles. The van der Waals surface area contributed by atoms with E-state index in [0.717, 1.165) is 31.6 Å². The molecule has 1 saturated heterocycles. The van der Waals surface area contributed by atoms with Gasteiger partial charge in [-0.15, -0.1) is 0 Å². The van der Waals surface area contributed by atoms with Crippen molar-refractivity contribution in [1.29, 1.82) is 0 Å². The molecule has 190 valence electrons. The summed E-state index contributed by atoms with van der Waals surface area (Å²) in [5.74, 6) is -1.21. The summed E-state index contributed by atoms with van der Waals surface area (Å²) < 4.78 is 15.3. The van der Waals surface area contributed by atoms with Gasteiger partial charge in [0.15, 0.2) is 6.10 Å². The summed E-state index contributed by atoms with van der Waals surface area (Å²) in [6.45, 7) is 6.69. The minimum absolute atomic E-state index is 0.0450. The van der Waals surface area contributed by atoms with E-state index in [9.17, 15) is 19.1 Å². The normalized spacial score (nSPS) is 15.0. The first-order chi connectivity index (χ1) is 17.2. The third-order valence-electron chi connectivity index (χ3n) is 7.00. The Labute approximate surface area is 210 Å². The van der Waals surface area contributed by atoms with Gasteiger partial charge in [0, 0.05) is 55.6 Å². The first-order valence-corrected chi connectivity index (χ1v) is 12.0. The van der Waals surface area contributed by atoms with Gasteiger partial charge in [-0.3, -0.25) is 14.6 Å². The zero-order valence-electron chi connectivity index (χ0n) is 21.0. The van der Waals surface area contributed by atoms with Crippen molar-refractivity contribution in [1.82, 2.24) is 14.9 Å². The van der Waals surface area contributed by atoms with Gasteiger partial charge in [-0.2, -0.15) is 0 Å². The molecule has 1 aliphatic rings. The number of aliphatic hydroxyl groups is 1. The summed E-state index contributed by atoms with van der Waals surface area (Å²) in [5.41, 5.74) is 3.91. The van der Waals surface area contributed by atoms with Gasteiger partial charge in [-0.05, 0) is 75.1 Å². The van der Waals surface area contributed by atoms with Gasteiger partial charge >= 0.3 is 0 Å². The number of carbonyl (C=O) groups is 2. The number of halogens is 1. The molecule has 0 bridgehead atoms. The third-order valence-corrected chi connectivity index (χ3v) is 7.00. The van der Waals surface area contributed by atoms with E-state index < -0.39 is 12.0 Å². The van der Waals surface area contributed by atoms with Crippen molar-refractivity contribution >= 4 is 23.2 Å². The van der Waals surface area contributed by atoms with Crippen LogP contribution in [0.15, 0.2) is 42.7 Å². The zero-order valence-corrected chi connectivity index (χ0v) is 21.0. The fraction of sp³-hybridized carbons (Fsp3) is 0.370. The Morgan fingerprint density at radius 3 is 2.42 bits per heavy atom. The lowest BCUT2D eigenvalue weighted by Crippen LogP contribution is -2.46. The molecule has 1 aromatic carbocycles. The van der Waals surface area contributed by atoms with Gasteiger partial charge in [-0.25, -0.2) is 4.39 Å². The van der Waals surface area contributed by atoms with E-state index in [4.69, 9.17) is 0 Å². The van der Waals surface area contributed by atoms with Crippen LogP contribution >= 0.6 is 0 Å². The highest BCUT2D eigenvalue weighted by atomic mass is 19.1. The second-order valence-electron chi connectivity index (χ2n) is 9.33. The van der Waals surface area contributed by atoms with Crippen molar-refractivity contribution in [2.45, 2.75) is 45.8 Å². The van der Waals surface area contributed by atoms with Crippen LogP contribution in [0.1, 0.15) is 51.8 Å². The van der Waals surface area contributed by atoms with Crippen LogP contribution in [0.25, 0.3) is 0 Å². The molecule has 3 aromatic rings. The van der Waals surface area contributed by atoms with Crippen LogP contribution in [-0.2, 0) is 11.8 Å². The molecule has 3 N–H and O–H groups in total. The summed E-state index contributed by atoms with van der Waals surface area (Å²) in [7, 11) is 1.72. The maximum atomic E-state index is 13.6. The van der Waals surface area contributed by atoms with Gasteiger partial charge in [-0.1, -0.05) is 0 Å². The monoisotopic (exact) mass is 493 g/mol. The van der Waals surface area contributed by atoms with Crippen molar-refractivity contribution in [2.24, 2.45) is 7.05 Å². The van der Waals surface area contributed by atoms with Crippen LogP contribution in [-0.4, -0.2) is 45.6 Å². The Kier molecular flexibility index (Phi) is 7.40. The zero-order chi connectivity index (χ0) is 26.0. The first kappa shape index (κ1) is 25.4. The number of anilines is 2. The van der Waals surface area contributed by atoms with E-state index in [2.05, 4.69) is 20.5 Å². The smallest absolute Gasteiger partial charge is 0.257 e. The van der Waals surface area contributed by atoms with Crippen molar-refractivity contribution in [3.05, 3.63) is 76.6 Å². The number of hydrogen-bond acceptors (Lipinski definition) is 5. The molecule has 8 nitrogen and oxygen atoms in total. The number of rotatable bonds is 6. The van der Waals surface area contributed by atoms with E-state index >= 15 is 0 Å². The highest BCUT2D eigenvalue weighted by Gasteiger charge is 2.30. The lowest BCUT2D eigenvalue weighted by Gasteiger charge is -2.34. The largest absolute Gasteiger partial charge is 0.377 e. The van der Waals surface area contributed by atoms with Crippen molar-refractivity contribution in [2.75, 3.05) is 23.3 Å². The first-order valence-electron chi connectivity index (χ1n) is 12.0. The predicted octanol–water partition coefficient (Wildman–Crippen LogP) is 3.56.